The quantitative estimate of drug-likeness (QED) is 0.666. The lowest BCUT2D eigenvalue weighted by Crippen LogP contribution is -2.28. The van der Waals surface area contributed by atoms with Crippen molar-refractivity contribution >= 4 is 5.91 Å². The average Bonchev–Trinajstić information content (AvgIpc) is 3.46. The fourth-order valence-corrected chi connectivity index (χ4v) is 3.21. The first-order chi connectivity index (χ1) is 13.2. The van der Waals surface area contributed by atoms with Gasteiger partial charge in [-0.05, 0) is 48.7 Å². The number of nitrogens with zero attached hydrogens (tertiary/aromatic N) is 3. The molecule has 1 amide bonds. The minimum Gasteiger partial charge on any atom is -0.497 e. The number of ether oxygens (including phenoxy) is 1. The average molecular weight is 361 g/mol. The summed E-state index contributed by atoms with van der Waals surface area (Å²) in [5.41, 5.74) is 3.55. The van der Waals surface area contributed by atoms with Gasteiger partial charge in [-0.15, -0.1) is 0 Å². The lowest BCUT2D eigenvalue weighted by molar-refractivity contribution is 0.0776. The van der Waals surface area contributed by atoms with Crippen LogP contribution in [0, 0.1) is 0 Å². The maximum absolute atomic E-state index is 13.2. The van der Waals surface area contributed by atoms with Gasteiger partial charge in [-0.25, -0.2) is 4.68 Å². The van der Waals surface area contributed by atoms with Crippen LogP contribution in [0.25, 0.3) is 5.69 Å². The molecule has 1 heterocycles. The zero-order valence-electron chi connectivity index (χ0n) is 15.6. The van der Waals surface area contributed by atoms with Crippen molar-refractivity contribution in [3.05, 3.63) is 77.6 Å². The Morgan fingerprint density at radius 2 is 1.93 bits per heavy atom. The number of carbonyl (C=O) groups excluding carboxylic acids is 1. The van der Waals surface area contributed by atoms with Crippen molar-refractivity contribution in [2.45, 2.75) is 25.3 Å². The lowest BCUT2D eigenvalue weighted by atomic mass is 10.2. The Kier molecular flexibility index (Phi) is 4.67. The molecule has 0 N–H and O–H groups in total. The minimum absolute atomic E-state index is 0.0407. The fraction of sp³-hybridized carbons (Fsp3) is 0.273. The van der Waals surface area contributed by atoms with Gasteiger partial charge in [-0.1, -0.05) is 30.3 Å². The maximum atomic E-state index is 13.2. The minimum atomic E-state index is -0.0407. The molecule has 1 aliphatic rings. The Labute approximate surface area is 159 Å². The zero-order chi connectivity index (χ0) is 18.8. The number of hydrogen-bond acceptors (Lipinski definition) is 3. The number of carbonyl (C=O) groups is 1. The third kappa shape index (κ3) is 3.72. The molecule has 27 heavy (non-hydrogen) atoms. The molecule has 0 bridgehead atoms. The summed E-state index contributed by atoms with van der Waals surface area (Å²) in [4.78, 5) is 14.9. The number of rotatable bonds is 6. The van der Waals surface area contributed by atoms with Crippen molar-refractivity contribution in [2.24, 2.45) is 0 Å². The first-order valence-electron chi connectivity index (χ1n) is 9.19. The topological polar surface area (TPSA) is 47.4 Å². The SMILES string of the molecule is COc1cccc(CN(C)C(=O)c2cc(C3CC3)nn2-c2ccccc2)c1. The van der Waals surface area contributed by atoms with Crippen LogP contribution in [0.4, 0.5) is 0 Å². The molecule has 0 radical (unpaired) electrons. The van der Waals surface area contributed by atoms with E-state index in [1.54, 1.807) is 16.7 Å². The molecule has 0 spiro atoms. The van der Waals surface area contributed by atoms with E-state index in [0.29, 0.717) is 18.2 Å². The van der Waals surface area contributed by atoms with Gasteiger partial charge < -0.3 is 9.64 Å². The van der Waals surface area contributed by atoms with Crippen LogP contribution >= 0.6 is 0 Å². The van der Waals surface area contributed by atoms with E-state index in [1.807, 2.05) is 67.7 Å². The highest BCUT2D eigenvalue weighted by Crippen LogP contribution is 2.39. The summed E-state index contributed by atoms with van der Waals surface area (Å²) in [5.74, 6) is 1.24. The molecule has 2 aromatic carbocycles. The predicted molar refractivity (Wildman–Crippen MR) is 104 cm³/mol. The van der Waals surface area contributed by atoms with Crippen LogP contribution in [0.3, 0.4) is 0 Å². The molecule has 5 heteroatoms. The largest absolute Gasteiger partial charge is 0.497 e. The van der Waals surface area contributed by atoms with Gasteiger partial charge in [0, 0.05) is 19.5 Å². The predicted octanol–water partition coefficient (Wildman–Crippen LogP) is 4.03. The Balaban J connectivity index is 1.62. The van der Waals surface area contributed by atoms with Gasteiger partial charge in [0.05, 0.1) is 18.5 Å². The number of benzene rings is 2. The molecule has 4 rings (SSSR count). The molecule has 0 unspecified atom stereocenters. The zero-order valence-corrected chi connectivity index (χ0v) is 15.6. The monoisotopic (exact) mass is 361 g/mol. The third-order valence-corrected chi connectivity index (χ3v) is 4.84. The normalized spacial score (nSPS) is 13.4. The van der Waals surface area contributed by atoms with Crippen LogP contribution in [0.2, 0.25) is 0 Å². The number of methoxy groups -OCH3 is 1. The second-order valence-corrected chi connectivity index (χ2v) is 6.99. The molecule has 1 aliphatic carbocycles. The summed E-state index contributed by atoms with van der Waals surface area (Å²) in [7, 11) is 3.47. The van der Waals surface area contributed by atoms with Crippen molar-refractivity contribution < 1.29 is 9.53 Å². The summed E-state index contributed by atoms with van der Waals surface area (Å²) in [6.45, 7) is 0.509. The standard InChI is InChI=1S/C22H23N3O2/c1-24(15-16-7-6-10-19(13-16)27-2)22(26)21-14-20(17-11-12-17)23-25(21)18-8-4-3-5-9-18/h3-10,13-14,17H,11-12,15H2,1-2H3. The van der Waals surface area contributed by atoms with Gasteiger partial charge in [0.2, 0.25) is 0 Å². The highest BCUT2D eigenvalue weighted by molar-refractivity contribution is 5.93. The molecule has 0 atom stereocenters. The highest BCUT2D eigenvalue weighted by atomic mass is 16.5. The molecule has 1 saturated carbocycles. The van der Waals surface area contributed by atoms with Crippen molar-refractivity contribution in [2.75, 3.05) is 14.2 Å². The number of aromatic nitrogens is 2. The second-order valence-electron chi connectivity index (χ2n) is 6.99. The van der Waals surface area contributed by atoms with E-state index in [-0.39, 0.29) is 5.91 Å². The maximum Gasteiger partial charge on any atom is 0.272 e. The molecule has 5 nitrogen and oxygen atoms in total. The molecule has 3 aromatic rings. The van der Waals surface area contributed by atoms with Crippen LogP contribution in [0.5, 0.6) is 5.75 Å². The first kappa shape index (κ1) is 17.3. The van der Waals surface area contributed by atoms with Crippen LogP contribution < -0.4 is 4.74 Å². The molecule has 1 fully saturated rings. The Morgan fingerprint density at radius 3 is 2.63 bits per heavy atom. The van der Waals surface area contributed by atoms with E-state index >= 15 is 0 Å². The van der Waals surface area contributed by atoms with Crippen LogP contribution in [-0.4, -0.2) is 34.7 Å². The summed E-state index contributed by atoms with van der Waals surface area (Å²) >= 11 is 0. The van der Waals surface area contributed by atoms with E-state index in [9.17, 15) is 4.79 Å². The first-order valence-corrected chi connectivity index (χ1v) is 9.19. The van der Waals surface area contributed by atoms with Crippen molar-refractivity contribution in [3.63, 3.8) is 0 Å². The van der Waals surface area contributed by atoms with Gasteiger partial charge in [0.25, 0.3) is 5.91 Å². The molecule has 1 aromatic heterocycles. The van der Waals surface area contributed by atoms with Gasteiger partial charge in [0.1, 0.15) is 11.4 Å². The Hall–Kier alpha value is -3.08. The van der Waals surface area contributed by atoms with E-state index in [2.05, 4.69) is 0 Å². The molecular weight excluding hydrogens is 338 g/mol. The lowest BCUT2D eigenvalue weighted by Gasteiger charge is -2.18. The second kappa shape index (κ2) is 7.27. The van der Waals surface area contributed by atoms with E-state index < -0.39 is 0 Å². The Morgan fingerprint density at radius 1 is 1.15 bits per heavy atom. The summed E-state index contributed by atoms with van der Waals surface area (Å²) in [6.07, 6.45) is 2.30. The van der Waals surface area contributed by atoms with E-state index in [0.717, 1.165) is 35.5 Å². The van der Waals surface area contributed by atoms with E-state index in [1.165, 1.54) is 0 Å². The number of amides is 1. The molecular formula is C22H23N3O2. The van der Waals surface area contributed by atoms with Crippen molar-refractivity contribution in [1.29, 1.82) is 0 Å². The van der Waals surface area contributed by atoms with E-state index in [4.69, 9.17) is 9.84 Å². The van der Waals surface area contributed by atoms with Crippen molar-refractivity contribution in [1.82, 2.24) is 14.7 Å². The van der Waals surface area contributed by atoms with Crippen LogP contribution in [-0.2, 0) is 6.54 Å². The smallest absolute Gasteiger partial charge is 0.272 e. The fourth-order valence-electron chi connectivity index (χ4n) is 3.21. The third-order valence-electron chi connectivity index (χ3n) is 4.84. The Bertz CT molecular complexity index is 945. The van der Waals surface area contributed by atoms with Gasteiger partial charge in [0.15, 0.2) is 0 Å². The van der Waals surface area contributed by atoms with Gasteiger partial charge in [-0.2, -0.15) is 5.10 Å². The van der Waals surface area contributed by atoms with Gasteiger partial charge in [-0.3, -0.25) is 4.79 Å². The van der Waals surface area contributed by atoms with Crippen LogP contribution in [0.15, 0.2) is 60.7 Å². The number of hydrogen-bond donors (Lipinski definition) is 0. The number of para-hydroxylation sites is 1. The highest BCUT2D eigenvalue weighted by Gasteiger charge is 2.29. The molecule has 0 saturated heterocycles. The summed E-state index contributed by atoms with van der Waals surface area (Å²) in [5, 5.41) is 4.73. The molecule has 138 valence electrons. The van der Waals surface area contributed by atoms with Crippen LogP contribution in [0.1, 0.15) is 40.5 Å². The van der Waals surface area contributed by atoms with Crippen molar-refractivity contribution in [3.8, 4) is 11.4 Å². The van der Waals surface area contributed by atoms with Gasteiger partial charge >= 0.3 is 0 Å². The summed E-state index contributed by atoms with van der Waals surface area (Å²) in [6, 6.07) is 19.6. The molecule has 0 aliphatic heterocycles. The summed E-state index contributed by atoms with van der Waals surface area (Å²) < 4.78 is 7.05.